The van der Waals surface area contributed by atoms with Crippen molar-refractivity contribution in [3.05, 3.63) is 59.7 Å². The Hall–Kier alpha value is -2.47. The molecule has 1 unspecified atom stereocenters. The smallest absolute Gasteiger partial charge is 0.0992 e. The Balaban J connectivity index is 2.26. The second kappa shape index (κ2) is 5.92. The number of nitrogen functional groups attached to an aromatic ring is 1. The quantitative estimate of drug-likeness (QED) is 0.814. The molecule has 0 aromatic heterocycles. The average Bonchev–Trinajstić information content (AvgIpc) is 2.47. The monoisotopic (exact) mass is 251 g/mol. The Kier molecular flexibility index (Phi) is 4.04. The maximum absolute atomic E-state index is 8.94. The Morgan fingerprint density at radius 2 is 1.95 bits per heavy atom. The Bertz CT molecular complexity index is 585. The van der Waals surface area contributed by atoms with Crippen molar-refractivity contribution in [2.45, 2.75) is 19.4 Å². The second-order valence-electron chi connectivity index (χ2n) is 4.43. The van der Waals surface area contributed by atoms with Crippen molar-refractivity contribution in [3.63, 3.8) is 0 Å². The summed E-state index contributed by atoms with van der Waals surface area (Å²) >= 11 is 0. The van der Waals surface area contributed by atoms with Crippen molar-refractivity contribution in [3.8, 4) is 6.07 Å². The lowest BCUT2D eigenvalue weighted by atomic mass is 10.0. The number of benzene rings is 2. The van der Waals surface area contributed by atoms with Crippen molar-refractivity contribution in [1.82, 2.24) is 0 Å². The van der Waals surface area contributed by atoms with Gasteiger partial charge >= 0.3 is 0 Å². The highest BCUT2D eigenvalue weighted by Crippen LogP contribution is 2.27. The lowest BCUT2D eigenvalue weighted by Crippen LogP contribution is -2.11. The van der Waals surface area contributed by atoms with Crippen molar-refractivity contribution in [1.29, 1.82) is 5.26 Å². The van der Waals surface area contributed by atoms with E-state index >= 15 is 0 Å². The highest BCUT2D eigenvalue weighted by atomic mass is 14.9. The van der Waals surface area contributed by atoms with Gasteiger partial charge in [-0.25, -0.2) is 0 Å². The number of hydrogen-bond acceptors (Lipinski definition) is 3. The minimum absolute atomic E-state index is 0.192. The lowest BCUT2D eigenvalue weighted by molar-refractivity contribution is 0.750. The molecule has 0 saturated carbocycles. The van der Waals surface area contributed by atoms with E-state index in [-0.39, 0.29) is 6.04 Å². The maximum Gasteiger partial charge on any atom is 0.0992 e. The number of anilines is 2. The van der Waals surface area contributed by atoms with Crippen molar-refractivity contribution in [2.75, 3.05) is 11.1 Å². The predicted octanol–water partition coefficient (Wildman–Crippen LogP) is 3.70. The van der Waals surface area contributed by atoms with Crippen LogP contribution in [0.3, 0.4) is 0 Å². The largest absolute Gasteiger partial charge is 0.397 e. The molecule has 3 nitrogen and oxygen atoms in total. The molecule has 0 amide bonds. The van der Waals surface area contributed by atoms with Crippen LogP contribution in [-0.2, 0) is 0 Å². The van der Waals surface area contributed by atoms with Crippen LogP contribution in [0, 0.1) is 11.3 Å². The van der Waals surface area contributed by atoms with Gasteiger partial charge in [0, 0.05) is 0 Å². The number of rotatable bonds is 4. The molecular formula is C16H17N3. The normalized spacial score (nSPS) is 11.6. The van der Waals surface area contributed by atoms with Crippen LogP contribution in [0.25, 0.3) is 0 Å². The van der Waals surface area contributed by atoms with E-state index in [1.54, 1.807) is 18.2 Å². The van der Waals surface area contributed by atoms with Gasteiger partial charge in [0.15, 0.2) is 0 Å². The molecule has 2 rings (SSSR count). The summed E-state index contributed by atoms with van der Waals surface area (Å²) in [5.41, 5.74) is 9.25. The summed E-state index contributed by atoms with van der Waals surface area (Å²) in [6, 6.07) is 17.8. The molecule has 2 aromatic carbocycles. The number of hydrogen-bond donors (Lipinski definition) is 2. The third-order valence-corrected chi connectivity index (χ3v) is 3.12. The fourth-order valence-corrected chi connectivity index (χ4v) is 2.04. The average molecular weight is 251 g/mol. The molecule has 3 N–H and O–H groups in total. The molecule has 0 aliphatic rings. The first-order valence-electron chi connectivity index (χ1n) is 6.35. The van der Waals surface area contributed by atoms with Crippen LogP contribution >= 0.6 is 0 Å². The van der Waals surface area contributed by atoms with Crippen LogP contribution in [0.5, 0.6) is 0 Å². The summed E-state index contributed by atoms with van der Waals surface area (Å²) in [6.45, 7) is 2.12. The molecule has 96 valence electrons. The molecule has 0 fully saturated rings. The van der Waals surface area contributed by atoms with Crippen molar-refractivity contribution >= 4 is 11.4 Å². The number of nitrogens with one attached hydrogen (secondary N) is 1. The van der Waals surface area contributed by atoms with E-state index < -0.39 is 0 Å². The lowest BCUT2D eigenvalue weighted by Gasteiger charge is -2.20. The van der Waals surface area contributed by atoms with Crippen LogP contribution in [0.15, 0.2) is 48.5 Å². The van der Waals surface area contributed by atoms with Gasteiger partial charge in [-0.1, -0.05) is 37.3 Å². The van der Waals surface area contributed by atoms with Gasteiger partial charge < -0.3 is 11.1 Å². The molecule has 2 aromatic rings. The molecule has 1 atom stereocenters. The summed E-state index contributed by atoms with van der Waals surface area (Å²) in [5.74, 6) is 0. The summed E-state index contributed by atoms with van der Waals surface area (Å²) in [7, 11) is 0. The highest BCUT2D eigenvalue weighted by molar-refractivity contribution is 5.68. The summed E-state index contributed by atoms with van der Waals surface area (Å²) in [6.07, 6.45) is 0.945. The van der Waals surface area contributed by atoms with Crippen LogP contribution in [0.1, 0.15) is 30.5 Å². The first-order valence-corrected chi connectivity index (χ1v) is 6.35. The highest BCUT2D eigenvalue weighted by Gasteiger charge is 2.10. The first kappa shape index (κ1) is 13.0. The number of nitriles is 1. The van der Waals surface area contributed by atoms with E-state index in [4.69, 9.17) is 11.0 Å². The summed E-state index contributed by atoms with van der Waals surface area (Å²) in [4.78, 5) is 0. The molecule has 0 bridgehead atoms. The van der Waals surface area contributed by atoms with Crippen LogP contribution in [0.4, 0.5) is 11.4 Å². The molecular weight excluding hydrogens is 234 g/mol. The fourth-order valence-electron chi connectivity index (χ4n) is 2.04. The second-order valence-corrected chi connectivity index (χ2v) is 4.43. The maximum atomic E-state index is 8.94. The van der Waals surface area contributed by atoms with Crippen LogP contribution in [0.2, 0.25) is 0 Å². The molecule has 19 heavy (non-hydrogen) atoms. The standard InChI is InChI=1S/C16H17N3/c1-2-15(13-6-4-3-5-7-13)19-16-10-12(11-17)8-9-14(16)18/h3-10,15,19H,2,18H2,1H3. The Labute approximate surface area is 113 Å². The van der Waals surface area contributed by atoms with Gasteiger partial charge in [0.05, 0.1) is 29.0 Å². The SMILES string of the molecule is CCC(Nc1cc(C#N)ccc1N)c1ccccc1. The predicted molar refractivity (Wildman–Crippen MR) is 78.7 cm³/mol. The van der Waals surface area contributed by atoms with Crippen LogP contribution in [-0.4, -0.2) is 0 Å². The zero-order chi connectivity index (χ0) is 13.7. The van der Waals surface area contributed by atoms with Gasteiger partial charge in [-0.15, -0.1) is 0 Å². The molecule has 0 saturated heterocycles. The Morgan fingerprint density at radius 3 is 2.58 bits per heavy atom. The summed E-state index contributed by atoms with van der Waals surface area (Å²) < 4.78 is 0. The molecule has 0 aliphatic carbocycles. The van der Waals surface area contributed by atoms with Gasteiger partial charge in [0.25, 0.3) is 0 Å². The molecule has 3 heteroatoms. The molecule has 0 spiro atoms. The number of nitrogens with two attached hydrogens (primary N) is 1. The summed E-state index contributed by atoms with van der Waals surface area (Å²) in [5, 5.41) is 12.4. The third kappa shape index (κ3) is 3.05. The topological polar surface area (TPSA) is 61.8 Å². The fraction of sp³-hybridized carbons (Fsp3) is 0.188. The van der Waals surface area contributed by atoms with Gasteiger partial charge in [0.2, 0.25) is 0 Å². The molecule has 0 aliphatic heterocycles. The van der Waals surface area contributed by atoms with Crippen molar-refractivity contribution in [2.24, 2.45) is 0 Å². The third-order valence-electron chi connectivity index (χ3n) is 3.12. The minimum Gasteiger partial charge on any atom is -0.397 e. The van der Waals surface area contributed by atoms with E-state index in [9.17, 15) is 0 Å². The van der Waals surface area contributed by atoms with Crippen molar-refractivity contribution < 1.29 is 0 Å². The van der Waals surface area contributed by atoms with E-state index in [1.807, 2.05) is 18.2 Å². The van der Waals surface area contributed by atoms with E-state index in [1.165, 1.54) is 5.56 Å². The van der Waals surface area contributed by atoms with E-state index in [2.05, 4.69) is 30.4 Å². The van der Waals surface area contributed by atoms with Gasteiger partial charge in [-0.05, 0) is 30.2 Å². The zero-order valence-corrected chi connectivity index (χ0v) is 10.9. The minimum atomic E-state index is 0.192. The van der Waals surface area contributed by atoms with E-state index in [0.717, 1.165) is 12.1 Å². The number of nitrogens with zero attached hydrogens (tertiary/aromatic N) is 1. The van der Waals surface area contributed by atoms with Gasteiger partial charge in [-0.3, -0.25) is 0 Å². The first-order chi connectivity index (χ1) is 9.24. The zero-order valence-electron chi connectivity index (χ0n) is 10.9. The van der Waals surface area contributed by atoms with Gasteiger partial charge in [-0.2, -0.15) is 5.26 Å². The Morgan fingerprint density at radius 1 is 1.21 bits per heavy atom. The van der Waals surface area contributed by atoms with E-state index in [0.29, 0.717) is 11.3 Å². The molecule has 0 heterocycles. The van der Waals surface area contributed by atoms with Crippen LogP contribution < -0.4 is 11.1 Å². The molecule has 0 radical (unpaired) electrons. The van der Waals surface area contributed by atoms with Gasteiger partial charge in [0.1, 0.15) is 0 Å².